The molecule has 2 aliphatic rings. The van der Waals surface area contributed by atoms with Gasteiger partial charge in [0.05, 0.1) is 16.1 Å². The molecule has 2 aromatic carbocycles. The van der Waals surface area contributed by atoms with Gasteiger partial charge in [0.15, 0.2) is 0 Å². The van der Waals surface area contributed by atoms with E-state index < -0.39 is 22.7 Å². The number of amides is 1. The highest BCUT2D eigenvalue weighted by atomic mass is 35.5. The maximum Gasteiger partial charge on any atom is 0.417 e. The predicted octanol–water partition coefficient (Wildman–Crippen LogP) is 6.40. The maximum atomic E-state index is 13.0. The van der Waals surface area contributed by atoms with E-state index in [0.717, 1.165) is 18.2 Å². The van der Waals surface area contributed by atoms with E-state index in [9.17, 15) is 18.0 Å². The van der Waals surface area contributed by atoms with E-state index in [2.05, 4.69) is 22.3 Å². The fourth-order valence-electron chi connectivity index (χ4n) is 4.68. The minimum atomic E-state index is -4.60. The first kappa shape index (κ1) is 23.9. The maximum absolute atomic E-state index is 13.0. The van der Waals surface area contributed by atoms with E-state index in [1.165, 1.54) is 49.8 Å². The summed E-state index contributed by atoms with van der Waals surface area (Å²) < 4.78 is 39.0. The molecule has 168 valence electrons. The number of alkyl halides is 3. The minimum Gasteiger partial charge on any atom is -0.348 e. The van der Waals surface area contributed by atoms with Gasteiger partial charge >= 0.3 is 6.18 Å². The summed E-state index contributed by atoms with van der Waals surface area (Å²) in [6, 6.07) is 12.7. The van der Waals surface area contributed by atoms with Gasteiger partial charge in [-0.3, -0.25) is 9.69 Å². The van der Waals surface area contributed by atoms with Crippen molar-refractivity contribution in [2.24, 2.45) is 0 Å². The molecule has 2 aliphatic heterocycles. The highest BCUT2D eigenvalue weighted by molar-refractivity contribution is 6.34. The van der Waals surface area contributed by atoms with Crippen LogP contribution in [0.2, 0.25) is 5.02 Å². The Morgan fingerprint density at radius 2 is 1.81 bits per heavy atom. The zero-order chi connectivity index (χ0) is 21.3. The molecule has 2 fully saturated rings. The first-order valence-corrected chi connectivity index (χ1v) is 10.7. The number of nitrogens with one attached hydrogen (secondary N) is 1. The Balaban J connectivity index is 0.00000272. The lowest BCUT2D eigenvalue weighted by Gasteiger charge is -2.34. The number of rotatable bonds is 4. The summed E-state index contributed by atoms with van der Waals surface area (Å²) in [5.41, 5.74) is 0.998. The lowest BCUT2D eigenvalue weighted by molar-refractivity contribution is -0.137. The summed E-state index contributed by atoms with van der Waals surface area (Å²) in [6.07, 6.45) is 1.70. The summed E-state index contributed by atoms with van der Waals surface area (Å²) in [5, 5.41) is 2.09. The molecular weight excluding hydrogens is 448 g/mol. The quantitative estimate of drug-likeness (QED) is 0.558. The van der Waals surface area contributed by atoms with Gasteiger partial charge in [0.2, 0.25) is 0 Å². The fraction of sp³-hybridized carbons (Fsp3) is 0.435. The molecule has 0 aliphatic carbocycles. The number of hydrogen-bond donors (Lipinski definition) is 1. The highest BCUT2D eigenvalue weighted by Gasteiger charge is 2.36. The van der Waals surface area contributed by atoms with Crippen molar-refractivity contribution in [3.05, 3.63) is 69.7 Å². The largest absolute Gasteiger partial charge is 0.417 e. The molecule has 2 atom stereocenters. The van der Waals surface area contributed by atoms with Crippen molar-refractivity contribution in [3.63, 3.8) is 0 Å². The van der Waals surface area contributed by atoms with Gasteiger partial charge in [-0.05, 0) is 55.5 Å². The molecule has 1 amide bonds. The zero-order valence-electron chi connectivity index (χ0n) is 16.9. The van der Waals surface area contributed by atoms with E-state index in [1.807, 2.05) is 12.1 Å². The molecule has 4 rings (SSSR count). The van der Waals surface area contributed by atoms with Crippen molar-refractivity contribution in [3.8, 4) is 0 Å². The summed E-state index contributed by atoms with van der Waals surface area (Å²) >= 11 is 5.83. The Morgan fingerprint density at radius 1 is 1.06 bits per heavy atom. The highest BCUT2D eigenvalue weighted by Crippen LogP contribution is 2.40. The third-order valence-electron chi connectivity index (χ3n) is 6.21. The van der Waals surface area contributed by atoms with Crippen LogP contribution in [0.15, 0.2) is 42.5 Å². The standard InChI is InChI=1S/C23H24ClF3N2O.ClH/c24-21-18(5-3-6-19(21)23(25,26)27)22(30)28-14-15-7-9-16(10-8-15)20-12-11-17-4-1-2-13-29(17)20;/h3,5-10,17,20H,1-2,4,11-14H2,(H,28,30);1H. The third kappa shape index (κ3) is 5.18. The second-order valence-corrected chi connectivity index (χ2v) is 8.45. The van der Waals surface area contributed by atoms with Crippen LogP contribution in [0.5, 0.6) is 0 Å². The number of halogens is 5. The molecule has 2 heterocycles. The average Bonchev–Trinajstić information content (AvgIpc) is 3.16. The number of nitrogens with zero attached hydrogens (tertiary/aromatic N) is 1. The molecular formula is C23H25Cl2F3N2O. The van der Waals surface area contributed by atoms with Gasteiger partial charge in [-0.1, -0.05) is 48.4 Å². The molecule has 0 radical (unpaired) electrons. The number of carbonyl (C=O) groups excluding carboxylic acids is 1. The van der Waals surface area contributed by atoms with Gasteiger partial charge in [-0.25, -0.2) is 0 Å². The molecule has 3 nitrogen and oxygen atoms in total. The molecule has 2 saturated heterocycles. The Hall–Kier alpha value is -1.76. The Labute approximate surface area is 191 Å². The van der Waals surface area contributed by atoms with Crippen LogP contribution in [0.1, 0.15) is 65.2 Å². The van der Waals surface area contributed by atoms with Crippen molar-refractivity contribution < 1.29 is 18.0 Å². The molecule has 31 heavy (non-hydrogen) atoms. The lowest BCUT2D eigenvalue weighted by atomic mass is 10.0. The van der Waals surface area contributed by atoms with E-state index in [4.69, 9.17) is 11.6 Å². The molecule has 0 saturated carbocycles. The monoisotopic (exact) mass is 472 g/mol. The van der Waals surface area contributed by atoms with Crippen molar-refractivity contribution in [1.82, 2.24) is 10.2 Å². The van der Waals surface area contributed by atoms with Crippen LogP contribution in [-0.4, -0.2) is 23.4 Å². The third-order valence-corrected chi connectivity index (χ3v) is 6.62. The summed E-state index contributed by atoms with van der Waals surface area (Å²) in [6.45, 7) is 1.38. The normalized spacial score (nSPS) is 21.3. The van der Waals surface area contributed by atoms with Crippen LogP contribution < -0.4 is 5.32 Å². The first-order chi connectivity index (χ1) is 14.3. The van der Waals surface area contributed by atoms with Crippen molar-refractivity contribution in [2.75, 3.05) is 6.54 Å². The van der Waals surface area contributed by atoms with Gasteiger partial charge < -0.3 is 5.32 Å². The topological polar surface area (TPSA) is 32.3 Å². The zero-order valence-corrected chi connectivity index (χ0v) is 18.5. The van der Waals surface area contributed by atoms with Gasteiger partial charge in [0.25, 0.3) is 5.91 Å². The van der Waals surface area contributed by atoms with E-state index in [-0.39, 0.29) is 24.5 Å². The molecule has 1 N–H and O–H groups in total. The van der Waals surface area contributed by atoms with E-state index in [1.54, 1.807) is 0 Å². The minimum absolute atomic E-state index is 0. The van der Waals surface area contributed by atoms with Crippen LogP contribution >= 0.6 is 24.0 Å². The van der Waals surface area contributed by atoms with Crippen LogP contribution in [0.25, 0.3) is 0 Å². The molecule has 8 heteroatoms. The molecule has 2 unspecified atom stereocenters. The van der Waals surface area contributed by atoms with Crippen LogP contribution in [0.3, 0.4) is 0 Å². The predicted molar refractivity (Wildman–Crippen MR) is 118 cm³/mol. The molecule has 0 aromatic heterocycles. The van der Waals surface area contributed by atoms with Gasteiger partial charge in [-0.15, -0.1) is 12.4 Å². The average molecular weight is 473 g/mol. The van der Waals surface area contributed by atoms with Crippen LogP contribution in [0.4, 0.5) is 13.2 Å². The van der Waals surface area contributed by atoms with Gasteiger partial charge in [0, 0.05) is 18.6 Å². The number of benzene rings is 2. The van der Waals surface area contributed by atoms with Gasteiger partial charge in [0.1, 0.15) is 0 Å². The summed E-state index contributed by atoms with van der Waals surface area (Å²) in [4.78, 5) is 15.0. The van der Waals surface area contributed by atoms with Crippen molar-refractivity contribution in [2.45, 2.75) is 56.9 Å². The Morgan fingerprint density at radius 3 is 2.52 bits per heavy atom. The Kier molecular flexibility index (Phi) is 7.55. The number of hydrogen-bond acceptors (Lipinski definition) is 2. The lowest BCUT2D eigenvalue weighted by Crippen LogP contribution is -2.35. The molecule has 0 spiro atoms. The van der Waals surface area contributed by atoms with Crippen LogP contribution in [0, 0.1) is 0 Å². The molecule has 2 aromatic rings. The fourth-order valence-corrected chi connectivity index (χ4v) is 5.00. The summed E-state index contributed by atoms with van der Waals surface area (Å²) in [5.74, 6) is -0.623. The second-order valence-electron chi connectivity index (χ2n) is 8.07. The second kappa shape index (κ2) is 9.80. The number of fused-ring (bicyclic) bond motifs is 1. The van der Waals surface area contributed by atoms with Crippen molar-refractivity contribution in [1.29, 1.82) is 0 Å². The molecule has 0 bridgehead atoms. The van der Waals surface area contributed by atoms with Crippen LogP contribution in [-0.2, 0) is 12.7 Å². The summed E-state index contributed by atoms with van der Waals surface area (Å²) in [7, 11) is 0. The van der Waals surface area contributed by atoms with E-state index >= 15 is 0 Å². The number of piperidine rings is 1. The van der Waals surface area contributed by atoms with Gasteiger partial charge in [-0.2, -0.15) is 13.2 Å². The van der Waals surface area contributed by atoms with Crippen molar-refractivity contribution >= 4 is 29.9 Å². The Bertz CT molecular complexity index is 918. The smallest absolute Gasteiger partial charge is 0.348 e. The SMILES string of the molecule is Cl.O=C(NCc1ccc(C2CCC3CCCCN32)cc1)c1cccc(C(F)(F)F)c1Cl. The number of carbonyl (C=O) groups is 1. The first-order valence-electron chi connectivity index (χ1n) is 10.3. The van der Waals surface area contributed by atoms with E-state index in [0.29, 0.717) is 12.1 Å².